The smallest absolute Gasteiger partial charge is 0.227 e. The molecule has 0 N–H and O–H groups in total. The van der Waals surface area contributed by atoms with Crippen LogP contribution in [0.5, 0.6) is 0 Å². The van der Waals surface area contributed by atoms with E-state index < -0.39 is 0 Å². The summed E-state index contributed by atoms with van der Waals surface area (Å²) in [7, 11) is 0. The molecule has 2 aliphatic rings. The Balaban J connectivity index is 1.76. The van der Waals surface area contributed by atoms with E-state index in [1.807, 2.05) is 13.8 Å². The highest BCUT2D eigenvalue weighted by Gasteiger charge is 2.41. The van der Waals surface area contributed by atoms with E-state index >= 15 is 0 Å². The summed E-state index contributed by atoms with van der Waals surface area (Å²) in [5.41, 5.74) is 3.32. The summed E-state index contributed by atoms with van der Waals surface area (Å²) in [6.45, 7) is 5.89. The average Bonchev–Trinajstić information content (AvgIpc) is 2.89. The zero-order chi connectivity index (χ0) is 14.3. The predicted molar refractivity (Wildman–Crippen MR) is 76.3 cm³/mol. The van der Waals surface area contributed by atoms with Gasteiger partial charge in [-0.1, -0.05) is 16.8 Å². The van der Waals surface area contributed by atoms with Crippen molar-refractivity contribution in [2.45, 2.75) is 65.0 Å². The Labute approximate surface area is 119 Å². The first kappa shape index (κ1) is 13.4. The first-order valence-electron chi connectivity index (χ1n) is 7.47. The van der Waals surface area contributed by atoms with Crippen molar-refractivity contribution < 1.29 is 9.32 Å². The Morgan fingerprint density at radius 2 is 2.00 bits per heavy atom. The molecule has 4 heteroatoms. The van der Waals surface area contributed by atoms with Gasteiger partial charge in [0.25, 0.3) is 0 Å². The number of aromatic nitrogens is 1. The lowest BCUT2D eigenvalue weighted by Crippen LogP contribution is -2.45. The van der Waals surface area contributed by atoms with Gasteiger partial charge in [0, 0.05) is 17.6 Å². The monoisotopic (exact) mass is 274 g/mol. The summed E-state index contributed by atoms with van der Waals surface area (Å²) in [5, 5.41) is 3.94. The highest BCUT2D eigenvalue weighted by atomic mass is 16.5. The fourth-order valence-electron chi connectivity index (χ4n) is 3.69. The second-order valence-corrected chi connectivity index (χ2v) is 6.02. The topological polar surface area (TPSA) is 46.3 Å². The molecule has 1 aromatic rings. The van der Waals surface area contributed by atoms with Crippen LogP contribution in [0, 0.1) is 13.8 Å². The third-order valence-electron chi connectivity index (χ3n) is 4.82. The van der Waals surface area contributed by atoms with Crippen LogP contribution in [0.3, 0.4) is 0 Å². The maximum atomic E-state index is 12.7. The lowest BCUT2D eigenvalue weighted by atomic mass is 9.95. The molecule has 2 fully saturated rings. The minimum atomic E-state index is 0.238. The summed E-state index contributed by atoms with van der Waals surface area (Å²) in [6, 6.07) is 0.820. The number of fused-ring (bicyclic) bond motifs is 2. The van der Waals surface area contributed by atoms with E-state index in [-0.39, 0.29) is 5.91 Å². The van der Waals surface area contributed by atoms with Crippen LogP contribution in [0.4, 0.5) is 0 Å². The number of hydrogen-bond donors (Lipinski definition) is 0. The summed E-state index contributed by atoms with van der Waals surface area (Å²) in [5.74, 6) is 1.01. The molecule has 20 heavy (non-hydrogen) atoms. The molecule has 0 radical (unpaired) electrons. The molecule has 108 valence electrons. The molecule has 0 aromatic carbocycles. The van der Waals surface area contributed by atoms with Crippen LogP contribution in [0.15, 0.2) is 16.2 Å². The Hall–Kier alpha value is -1.58. The van der Waals surface area contributed by atoms with Gasteiger partial charge in [-0.2, -0.15) is 0 Å². The van der Waals surface area contributed by atoms with Crippen LogP contribution < -0.4 is 0 Å². The van der Waals surface area contributed by atoms with Gasteiger partial charge in [0.05, 0.1) is 12.1 Å². The summed E-state index contributed by atoms with van der Waals surface area (Å²) in [6.07, 6.45) is 7.06. The lowest BCUT2D eigenvalue weighted by Gasteiger charge is -2.36. The molecule has 2 unspecified atom stereocenters. The van der Waals surface area contributed by atoms with Crippen molar-refractivity contribution in [1.82, 2.24) is 10.1 Å². The van der Waals surface area contributed by atoms with Crippen molar-refractivity contribution in [3.63, 3.8) is 0 Å². The van der Waals surface area contributed by atoms with Gasteiger partial charge < -0.3 is 9.42 Å². The maximum Gasteiger partial charge on any atom is 0.227 e. The fraction of sp³-hybridized carbons (Fsp3) is 0.625. The first-order valence-corrected chi connectivity index (χ1v) is 7.47. The van der Waals surface area contributed by atoms with Gasteiger partial charge in [-0.25, -0.2) is 0 Å². The Morgan fingerprint density at radius 3 is 2.50 bits per heavy atom. The van der Waals surface area contributed by atoms with Gasteiger partial charge in [-0.15, -0.1) is 0 Å². The number of carbonyl (C=O) groups is 1. The minimum absolute atomic E-state index is 0.238. The standard InChI is InChI=1S/C16H22N2O2/c1-4-12-7-13-5-6-14(8-12)18(13)16(19)9-15-10(2)17-20-11(15)3/h4,13-14H,5-9H2,1-3H3. The number of aryl methyl sites for hydroxylation is 2. The molecule has 1 amide bonds. The summed E-state index contributed by atoms with van der Waals surface area (Å²) < 4.78 is 5.16. The van der Waals surface area contributed by atoms with Crippen LogP contribution >= 0.6 is 0 Å². The van der Waals surface area contributed by atoms with Crippen LogP contribution in [-0.2, 0) is 11.2 Å². The molecule has 0 spiro atoms. The highest BCUT2D eigenvalue weighted by molar-refractivity contribution is 5.80. The number of carbonyl (C=O) groups excluding carboxylic acids is 1. The van der Waals surface area contributed by atoms with Crippen LogP contribution in [0.25, 0.3) is 0 Å². The van der Waals surface area contributed by atoms with Crippen molar-refractivity contribution in [3.8, 4) is 0 Å². The van der Waals surface area contributed by atoms with Gasteiger partial charge in [0.15, 0.2) is 0 Å². The Morgan fingerprint density at radius 1 is 1.35 bits per heavy atom. The number of rotatable bonds is 2. The van der Waals surface area contributed by atoms with E-state index in [0.29, 0.717) is 18.5 Å². The predicted octanol–water partition coefficient (Wildman–Crippen LogP) is 2.93. The third-order valence-corrected chi connectivity index (χ3v) is 4.82. The van der Waals surface area contributed by atoms with E-state index in [4.69, 9.17) is 4.52 Å². The zero-order valence-corrected chi connectivity index (χ0v) is 12.5. The van der Waals surface area contributed by atoms with Crippen LogP contribution in [-0.4, -0.2) is 28.0 Å². The molecule has 0 saturated carbocycles. The van der Waals surface area contributed by atoms with E-state index in [1.54, 1.807) is 0 Å². The molecule has 3 heterocycles. The highest BCUT2D eigenvalue weighted by Crippen LogP contribution is 2.38. The van der Waals surface area contributed by atoms with Crippen molar-refractivity contribution in [3.05, 3.63) is 28.7 Å². The second-order valence-electron chi connectivity index (χ2n) is 6.02. The van der Waals surface area contributed by atoms with Crippen molar-refractivity contribution in [2.75, 3.05) is 0 Å². The van der Waals surface area contributed by atoms with Crippen molar-refractivity contribution in [2.24, 2.45) is 0 Å². The summed E-state index contributed by atoms with van der Waals surface area (Å²) >= 11 is 0. The van der Waals surface area contributed by atoms with Gasteiger partial charge in [0.1, 0.15) is 5.76 Å². The quantitative estimate of drug-likeness (QED) is 0.779. The molecular formula is C16H22N2O2. The van der Waals surface area contributed by atoms with E-state index in [9.17, 15) is 4.79 Å². The largest absolute Gasteiger partial charge is 0.361 e. The van der Waals surface area contributed by atoms with Crippen LogP contribution in [0.2, 0.25) is 0 Å². The molecule has 3 rings (SSSR count). The molecule has 1 aromatic heterocycles. The fourth-order valence-corrected chi connectivity index (χ4v) is 3.69. The number of hydrogen-bond acceptors (Lipinski definition) is 3. The van der Waals surface area contributed by atoms with Gasteiger partial charge in [-0.3, -0.25) is 4.79 Å². The normalized spacial score (nSPS) is 25.1. The van der Waals surface area contributed by atoms with Crippen molar-refractivity contribution in [1.29, 1.82) is 0 Å². The summed E-state index contributed by atoms with van der Waals surface area (Å²) in [4.78, 5) is 14.8. The Bertz CT molecular complexity index is 523. The molecule has 2 atom stereocenters. The van der Waals surface area contributed by atoms with Crippen LogP contribution in [0.1, 0.15) is 49.6 Å². The second kappa shape index (κ2) is 5.08. The van der Waals surface area contributed by atoms with E-state index in [1.165, 1.54) is 5.57 Å². The first-order chi connectivity index (χ1) is 9.60. The Kier molecular flexibility index (Phi) is 3.40. The van der Waals surface area contributed by atoms with Gasteiger partial charge >= 0.3 is 0 Å². The number of nitrogens with zero attached hydrogens (tertiary/aromatic N) is 2. The van der Waals surface area contributed by atoms with Gasteiger partial charge in [0.2, 0.25) is 5.91 Å². The lowest BCUT2D eigenvalue weighted by molar-refractivity contribution is -0.134. The SMILES string of the molecule is CC=C1CC2CCC(C1)N2C(=O)Cc1c(C)noc1C. The van der Waals surface area contributed by atoms with Crippen molar-refractivity contribution >= 4 is 5.91 Å². The average molecular weight is 274 g/mol. The van der Waals surface area contributed by atoms with E-state index in [2.05, 4.69) is 23.1 Å². The minimum Gasteiger partial charge on any atom is -0.361 e. The number of amides is 1. The zero-order valence-electron chi connectivity index (χ0n) is 12.5. The maximum absolute atomic E-state index is 12.7. The molecule has 2 bridgehead atoms. The third kappa shape index (κ3) is 2.17. The molecule has 4 nitrogen and oxygen atoms in total. The van der Waals surface area contributed by atoms with E-state index in [0.717, 1.165) is 42.7 Å². The molecule has 2 saturated heterocycles. The number of allylic oxidation sites excluding steroid dienone is 1. The molecule has 0 aliphatic carbocycles. The van der Waals surface area contributed by atoms with Gasteiger partial charge in [-0.05, 0) is 46.5 Å². The molecule has 2 aliphatic heterocycles. The number of piperidine rings is 1. The molecular weight excluding hydrogens is 252 g/mol.